The van der Waals surface area contributed by atoms with Crippen molar-refractivity contribution in [3.05, 3.63) is 35.7 Å². The van der Waals surface area contributed by atoms with Crippen LogP contribution in [-0.2, 0) is 7.05 Å². The number of carbonyl (C=O) groups excluding carboxylic acids is 1. The highest BCUT2D eigenvalue weighted by molar-refractivity contribution is 7.22. The third kappa shape index (κ3) is 4.12. The summed E-state index contributed by atoms with van der Waals surface area (Å²) in [6, 6.07) is 5.81. The number of fused-ring (bicyclic) bond motifs is 1. The molecule has 0 fully saturated rings. The number of benzene rings is 1. The van der Waals surface area contributed by atoms with E-state index in [1.54, 1.807) is 16.7 Å². The Kier molecular flexibility index (Phi) is 5.76. The maximum absolute atomic E-state index is 13.3. The molecule has 0 saturated carbocycles. The Morgan fingerprint density at radius 1 is 1.30 bits per heavy atom. The Bertz CT molecular complexity index is 947. The van der Waals surface area contributed by atoms with Gasteiger partial charge in [0.15, 0.2) is 10.8 Å². The summed E-state index contributed by atoms with van der Waals surface area (Å²) in [5.41, 5.74) is 2.11. The number of carbonyl (C=O) groups is 1. The first-order valence-corrected chi connectivity index (χ1v) is 9.62. The maximum Gasteiger partial charge on any atom is 0.280 e. The van der Waals surface area contributed by atoms with Crippen molar-refractivity contribution in [2.75, 3.05) is 39.2 Å². The van der Waals surface area contributed by atoms with Crippen molar-refractivity contribution >= 4 is 32.6 Å². The van der Waals surface area contributed by atoms with Crippen LogP contribution in [0.3, 0.4) is 0 Å². The van der Waals surface area contributed by atoms with Gasteiger partial charge in [-0.15, -0.1) is 0 Å². The first-order valence-electron chi connectivity index (χ1n) is 8.81. The van der Waals surface area contributed by atoms with Crippen LogP contribution >= 0.6 is 11.3 Å². The van der Waals surface area contributed by atoms with E-state index < -0.39 is 0 Å². The van der Waals surface area contributed by atoms with E-state index in [2.05, 4.69) is 10.00 Å². The molecule has 3 aromatic rings. The number of hydrogen-bond donors (Lipinski definition) is 0. The van der Waals surface area contributed by atoms with Gasteiger partial charge in [0, 0.05) is 25.4 Å². The second-order valence-electron chi connectivity index (χ2n) is 6.75. The van der Waals surface area contributed by atoms with E-state index in [1.807, 2.05) is 52.5 Å². The number of thiazole rings is 1. The first-order chi connectivity index (χ1) is 12.9. The van der Waals surface area contributed by atoms with Crippen molar-refractivity contribution in [1.82, 2.24) is 19.7 Å². The van der Waals surface area contributed by atoms with E-state index in [9.17, 15) is 4.79 Å². The second kappa shape index (κ2) is 8.06. The zero-order valence-electron chi connectivity index (χ0n) is 16.4. The summed E-state index contributed by atoms with van der Waals surface area (Å²) >= 11 is 1.50. The molecule has 0 atom stereocenters. The molecule has 0 N–H and O–H groups in total. The Morgan fingerprint density at radius 2 is 2.07 bits per heavy atom. The molecule has 0 saturated heterocycles. The standard InChI is InChI=1S/C19H25N5O2S/c1-13-12-23(4)21-16(13)18(25)24(11-7-10-22(2)3)19-20-17-14(26-5)8-6-9-15(17)27-19/h6,8-9,12H,7,10-11H2,1-5H3. The van der Waals surface area contributed by atoms with Gasteiger partial charge in [0.05, 0.1) is 11.8 Å². The Hall–Kier alpha value is -2.45. The van der Waals surface area contributed by atoms with Crippen LogP contribution in [0.1, 0.15) is 22.5 Å². The molecule has 8 heteroatoms. The average Bonchev–Trinajstić information content (AvgIpc) is 3.20. The number of aryl methyl sites for hydroxylation is 2. The van der Waals surface area contributed by atoms with Gasteiger partial charge in [0.2, 0.25) is 0 Å². The van der Waals surface area contributed by atoms with Crippen LogP contribution in [0.15, 0.2) is 24.4 Å². The predicted octanol–water partition coefficient (Wildman–Crippen LogP) is 2.95. The van der Waals surface area contributed by atoms with E-state index in [0.717, 1.165) is 28.7 Å². The fourth-order valence-corrected chi connectivity index (χ4v) is 3.97. The molecule has 1 aromatic carbocycles. The number of rotatable bonds is 7. The van der Waals surface area contributed by atoms with E-state index in [-0.39, 0.29) is 5.91 Å². The van der Waals surface area contributed by atoms with Crippen LogP contribution in [0, 0.1) is 6.92 Å². The second-order valence-corrected chi connectivity index (χ2v) is 7.76. The van der Waals surface area contributed by atoms with Crippen LogP contribution in [0.25, 0.3) is 10.2 Å². The van der Waals surface area contributed by atoms with Crippen LogP contribution in [-0.4, -0.2) is 59.9 Å². The van der Waals surface area contributed by atoms with Crippen LogP contribution in [0.4, 0.5) is 5.13 Å². The number of para-hydroxylation sites is 1. The lowest BCUT2D eigenvalue weighted by molar-refractivity contribution is 0.0980. The van der Waals surface area contributed by atoms with Crippen molar-refractivity contribution < 1.29 is 9.53 Å². The van der Waals surface area contributed by atoms with Gasteiger partial charge in [-0.1, -0.05) is 17.4 Å². The largest absolute Gasteiger partial charge is 0.494 e. The van der Waals surface area contributed by atoms with Crippen LogP contribution in [0.5, 0.6) is 5.75 Å². The van der Waals surface area contributed by atoms with Crippen LogP contribution in [0.2, 0.25) is 0 Å². The van der Waals surface area contributed by atoms with Crippen LogP contribution < -0.4 is 9.64 Å². The molecule has 0 unspecified atom stereocenters. The number of amides is 1. The Balaban J connectivity index is 1.99. The number of ether oxygens (including phenoxy) is 1. The zero-order valence-corrected chi connectivity index (χ0v) is 17.2. The highest BCUT2D eigenvalue weighted by Crippen LogP contribution is 2.34. The quantitative estimate of drug-likeness (QED) is 0.624. The molecule has 0 aliphatic rings. The van der Waals surface area contributed by atoms with Gasteiger partial charge in [0.25, 0.3) is 5.91 Å². The van der Waals surface area contributed by atoms with Crippen molar-refractivity contribution in [1.29, 1.82) is 0 Å². The van der Waals surface area contributed by atoms with Crippen molar-refractivity contribution in [3.63, 3.8) is 0 Å². The normalized spacial score (nSPS) is 11.3. The maximum atomic E-state index is 13.3. The fraction of sp³-hybridized carbons (Fsp3) is 0.421. The topological polar surface area (TPSA) is 63.5 Å². The minimum Gasteiger partial charge on any atom is -0.494 e. The molecule has 0 spiro atoms. The summed E-state index contributed by atoms with van der Waals surface area (Å²) in [6.45, 7) is 3.37. The summed E-state index contributed by atoms with van der Waals surface area (Å²) in [6.07, 6.45) is 2.70. The minimum atomic E-state index is -0.120. The molecule has 0 bridgehead atoms. The molecule has 2 aromatic heterocycles. The molecule has 144 valence electrons. The van der Waals surface area contributed by atoms with E-state index in [4.69, 9.17) is 9.72 Å². The molecule has 7 nitrogen and oxygen atoms in total. The zero-order chi connectivity index (χ0) is 19.6. The summed E-state index contributed by atoms with van der Waals surface area (Å²) in [5.74, 6) is 0.592. The molecule has 0 aliphatic heterocycles. The lowest BCUT2D eigenvalue weighted by Crippen LogP contribution is -2.34. The Morgan fingerprint density at radius 3 is 2.70 bits per heavy atom. The first kappa shape index (κ1) is 19.3. The van der Waals surface area contributed by atoms with Gasteiger partial charge in [-0.05, 0) is 46.1 Å². The molecular formula is C19H25N5O2S. The van der Waals surface area contributed by atoms with E-state index in [0.29, 0.717) is 23.1 Å². The smallest absolute Gasteiger partial charge is 0.280 e. The van der Waals surface area contributed by atoms with Gasteiger partial charge < -0.3 is 9.64 Å². The number of hydrogen-bond acceptors (Lipinski definition) is 6. The Labute approximate surface area is 163 Å². The minimum absolute atomic E-state index is 0.120. The lowest BCUT2D eigenvalue weighted by Gasteiger charge is -2.20. The molecule has 2 heterocycles. The number of anilines is 1. The van der Waals surface area contributed by atoms with E-state index >= 15 is 0 Å². The molecule has 3 rings (SSSR count). The summed E-state index contributed by atoms with van der Waals surface area (Å²) in [5, 5.41) is 5.02. The van der Waals surface area contributed by atoms with Crippen molar-refractivity contribution in [2.45, 2.75) is 13.3 Å². The van der Waals surface area contributed by atoms with Crippen molar-refractivity contribution in [2.24, 2.45) is 7.05 Å². The molecule has 0 radical (unpaired) electrons. The third-order valence-electron chi connectivity index (χ3n) is 4.27. The predicted molar refractivity (Wildman–Crippen MR) is 109 cm³/mol. The number of nitrogens with zero attached hydrogens (tertiary/aromatic N) is 5. The molecular weight excluding hydrogens is 362 g/mol. The van der Waals surface area contributed by atoms with Gasteiger partial charge in [-0.25, -0.2) is 4.98 Å². The summed E-state index contributed by atoms with van der Waals surface area (Å²) in [7, 11) is 7.50. The van der Waals surface area contributed by atoms with Gasteiger partial charge >= 0.3 is 0 Å². The molecule has 1 amide bonds. The fourth-order valence-electron chi connectivity index (χ4n) is 2.97. The monoisotopic (exact) mass is 387 g/mol. The highest BCUT2D eigenvalue weighted by atomic mass is 32.1. The van der Waals surface area contributed by atoms with E-state index in [1.165, 1.54) is 11.3 Å². The lowest BCUT2D eigenvalue weighted by atomic mass is 10.2. The number of methoxy groups -OCH3 is 1. The average molecular weight is 388 g/mol. The van der Waals surface area contributed by atoms with Gasteiger partial charge in [0.1, 0.15) is 11.3 Å². The third-order valence-corrected chi connectivity index (χ3v) is 5.31. The molecule has 27 heavy (non-hydrogen) atoms. The number of aromatic nitrogens is 3. The SMILES string of the molecule is COc1cccc2sc(N(CCCN(C)C)C(=O)c3nn(C)cc3C)nc12. The van der Waals surface area contributed by atoms with Crippen molar-refractivity contribution in [3.8, 4) is 5.75 Å². The van der Waals surface area contributed by atoms with Gasteiger partial charge in [-0.2, -0.15) is 5.10 Å². The summed E-state index contributed by atoms with van der Waals surface area (Å²) in [4.78, 5) is 21.8. The van der Waals surface area contributed by atoms with Gasteiger partial charge in [-0.3, -0.25) is 14.4 Å². The highest BCUT2D eigenvalue weighted by Gasteiger charge is 2.25. The molecule has 0 aliphatic carbocycles. The summed E-state index contributed by atoms with van der Waals surface area (Å²) < 4.78 is 8.08.